The summed E-state index contributed by atoms with van der Waals surface area (Å²) in [4.78, 5) is 0. The predicted molar refractivity (Wildman–Crippen MR) is 110 cm³/mol. The number of nitrogens with zero attached hydrogens (tertiary/aromatic N) is 3. The molecule has 140 valence electrons. The van der Waals surface area contributed by atoms with Gasteiger partial charge in [0.25, 0.3) is 0 Å². The predicted octanol–water partition coefficient (Wildman–Crippen LogP) is 4.67. The van der Waals surface area contributed by atoms with Gasteiger partial charge in [-0.2, -0.15) is 15.8 Å². The van der Waals surface area contributed by atoms with Crippen LogP contribution < -0.4 is 5.73 Å². The maximum atomic E-state index is 10.1. The average molecular weight is 376 g/mol. The van der Waals surface area contributed by atoms with Gasteiger partial charge in [-0.1, -0.05) is 66.7 Å². The molecule has 0 fully saturated rings. The van der Waals surface area contributed by atoms with Crippen molar-refractivity contribution in [2.45, 2.75) is 24.7 Å². The third-order valence-corrected chi connectivity index (χ3v) is 6.31. The van der Waals surface area contributed by atoms with Crippen LogP contribution >= 0.6 is 0 Å². The smallest absolute Gasteiger partial charge is 0.191 e. The molecule has 2 aliphatic rings. The number of benzene rings is 2. The normalized spacial score (nSPS) is 25.0. The number of hydrogen-bond acceptors (Lipinski definition) is 4. The lowest BCUT2D eigenvalue weighted by Gasteiger charge is -2.45. The highest BCUT2D eigenvalue weighted by atomic mass is 14.7. The Bertz CT molecular complexity index is 1090. The lowest BCUT2D eigenvalue weighted by molar-refractivity contribution is 0.303. The fourth-order valence-corrected chi connectivity index (χ4v) is 4.92. The molecule has 0 unspecified atom stereocenters. The van der Waals surface area contributed by atoms with Gasteiger partial charge in [-0.05, 0) is 41.4 Å². The maximum Gasteiger partial charge on any atom is 0.191 e. The highest BCUT2D eigenvalue weighted by molar-refractivity contribution is 5.59. The van der Waals surface area contributed by atoms with Crippen LogP contribution in [0.25, 0.3) is 0 Å². The molecule has 0 aliphatic heterocycles. The van der Waals surface area contributed by atoms with Crippen LogP contribution in [0.5, 0.6) is 0 Å². The third-order valence-electron chi connectivity index (χ3n) is 6.31. The summed E-state index contributed by atoms with van der Waals surface area (Å²) in [5.74, 6) is -0.281. The summed E-state index contributed by atoms with van der Waals surface area (Å²) in [6.07, 6.45) is 3.66. The molecule has 0 saturated heterocycles. The van der Waals surface area contributed by atoms with Gasteiger partial charge in [0.05, 0.1) is 23.4 Å². The summed E-state index contributed by atoms with van der Waals surface area (Å²) in [6, 6.07) is 26.5. The second kappa shape index (κ2) is 7.31. The first-order valence-corrected chi connectivity index (χ1v) is 9.69. The first kappa shape index (κ1) is 18.5. The zero-order valence-corrected chi connectivity index (χ0v) is 15.9. The molecule has 4 heteroatoms. The van der Waals surface area contributed by atoms with Crippen molar-refractivity contribution in [3.63, 3.8) is 0 Å². The van der Waals surface area contributed by atoms with Crippen molar-refractivity contribution in [2.75, 3.05) is 0 Å². The van der Waals surface area contributed by atoms with E-state index in [-0.39, 0.29) is 17.5 Å². The van der Waals surface area contributed by atoms with Gasteiger partial charge in [0.2, 0.25) is 0 Å². The molecule has 2 N–H and O–H groups in total. The van der Waals surface area contributed by atoms with E-state index in [4.69, 9.17) is 5.73 Å². The summed E-state index contributed by atoms with van der Waals surface area (Å²) in [5.41, 5.74) is 8.18. The van der Waals surface area contributed by atoms with E-state index in [0.29, 0.717) is 5.57 Å². The second-order valence-corrected chi connectivity index (χ2v) is 7.67. The van der Waals surface area contributed by atoms with E-state index >= 15 is 0 Å². The van der Waals surface area contributed by atoms with Crippen LogP contribution in [0.2, 0.25) is 0 Å². The Labute approximate surface area is 170 Å². The molecule has 0 aromatic heterocycles. The number of nitriles is 3. The van der Waals surface area contributed by atoms with Crippen molar-refractivity contribution in [1.29, 1.82) is 15.8 Å². The van der Waals surface area contributed by atoms with E-state index < -0.39 is 11.3 Å². The van der Waals surface area contributed by atoms with Crippen molar-refractivity contribution < 1.29 is 0 Å². The SMILES string of the molecule is N#CC1=C(N)C(C#N)(C#N)[C@H](c2ccccc2)[C@@H]2C[C@@H](c3ccccc3)CC=C12. The lowest BCUT2D eigenvalue weighted by Crippen LogP contribution is -2.43. The molecule has 29 heavy (non-hydrogen) atoms. The van der Waals surface area contributed by atoms with Gasteiger partial charge in [-0.25, -0.2) is 0 Å². The highest BCUT2D eigenvalue weighted by Crippen LogP contribution is 2.57. The molecule has 4 nitrogen and oxygen atoms in total. The Kier molecular flexibility index (Phi) is 4.67. The standard InChI is InChI=1S/C25H20N4/c26-14-22-20-12-11-19(17-7-3-1-4-8-17)13-21(20)23(18-9-5-2-6-10-18)25(15-27,16-28)24(22)29/h1-10,12,19,21,23H,11,13,29H2/t19-,21+,23+/m0/s1. The van der Waals surface area contributed by atoms with Crippen molar-refractivity contribution in [3.05, 3.63) is 94.7 Å². The van der Waals surface area contributed by atoms with E-state index in [9.17, 15) is 15.8 Å². The van der Waals surface area contributed by atoms with Crippen molar-refractivity contribution in [3.8, 4) is 18.2 Å². The lowest BCUT2D eigenvalue weighted by atomic mass is 9.55. The number of nitrogens with two attached hydrogens (primary N) is 1. The summed E-state index contributed by atoms with van der Waals surface area (Å²) >= 11 is 0. The Balaban J connectivity index is 1.93. The van der Waals surface area contributed by atoms with E-state index in [1.165, 1.54) is 5.56 Å². The molecule has 0 saturated carbocycles. The number of rotatable bonds is 2. The van der Waals surface area contributed by atoms with Crippen LogP contribution in [-0.4, -0.2) is 0 Å². The maximum absolute atomic E-state index is 10.1. The first-order valence-electron chi connectivity index (χ1n) is 9.69. The highest BCUT2D eigenvalue weighted by Gasteiger charge is 2.54. The fourth-order valence-electron chi connectivity index (χ4n) is 4.92. The van der Waals surface area contributed by atoms with Gasteiger partial charge < -0.3 is 5.73 Å². The summed E-state index contributed by atoms with van der Waals surface area (Å²) < 4.78 is 0. The molecule has 0 radical (unpaired) electrons. The summed E-state index contributed by atoms with van der Waals surface area (Å²) in [7, 11) is 0. The minimum Gasteiger partial charge on any atom is -0.399 e. The largest absolute Gasteiger partial charge is 0.399 e. The van der Waals surface area contributed by atoms with E-state index in [0.717, 1.165) is 24.0 Å². The van der Waals surface area contributed by atoms with Gasteiger partial charge in [-0.15, -0.1) is 0 Å². The van der Waals surface area contributed by atoms with Crippen LogP contribution in [0.4, 0.5) is 0 Å². The molecule has 0 bridgehead atoms. The van der Waals surface area contributed by atoms with E-state index in [1.54, 1.807) is 0 Å². The van der Waals surface area contributed by atoms with Gasteiger partial charge >= 0.3 is 0 Å². The Morgan fingerprint density at radius 1 is 0.862 bits per heavy atom. The summed E-state index contributed by atoms with van der Waals surface area (Å²) in [6.45, 7) is 0. The molecule has 2 aromatic rings. The van der Waals surface area contributed by atoms with Crippen LogP contribution in [-0.2, 0) is 0 Å². The minimum atomic E-state index is -1.56. The van der Waals surface area contributed by atoms with E-state index in [2.05, 4.69) is 36.4 Å². The number of allylic oxidation sites excluding steroid dienone is 4. The second-order valence-electron chi connectivity index (χ2n) is 7.67. The van der Waals surface area contributed by atoms with Crippen molar-refractivity contribution >= 4 is 0 Å². The first-order chi connectivity index (χ1) is 14.2. The van der Waals surface area contributed by atoms with Crippen molar-refractivity contribution in [2.24, 2.45) is 17.1 Å². The monoisotopic (exact) mass is 376 g/mol. The summed E-state index contributed by atoms with van der Waals surface area (Å²) in [5, 5.41) is 30.0. The number of hydrogen-bond donors (Lipinski definition) is 1. The molecule has 0 amide bonds. The topological polar surface area (TPSA) is 97.4 Å². The molecule has 0 heterocycles. The molecule has 0 spiro atoms. The minimum absolute atomic E-state index is 0.0829. The Hall–Kier alpha value is -3.81. The molecule has 3 atom stereocenters. The van der Waals surface area contributed by atoms with Crippen molar-refractivity contribution in [1.82, 2.24) is 0 Å². The van der Waals surface area contributed by atoms with Crippen LogP contribution in [0.15, 0.2) is 83.6 Å². The Morgan fingerprint density at radius 3 is 2.00 bits per heavy atom. The molecule has 2 aromatic carbocycles. The fraction of sp³-hybridized carbons (Fsp3) is 0.240. The van der Waals surface area contributed by atoms with Crippen LogP contribution in [0.1, 0.15) is 35.8 Å². The molecular formula is C25H20N4. The third kappa shape index (κ3) is 2.80. The average Bonchev–Trinajstić information content (AvgIpc) is 2.79. The number of fused-ring (bicyclic) bond motifs is 1. The molecular weight excluding hydrogens is 356 g/mol. The van der Waals surface area contributed by atoms with Crippen LogP contribution in [0.3, 0.4) is 0 Å². The quantitative estimate of drug-likeness (QED) is 0.823. The zero-order chi connectivity index (χ0) is 20.4. The molecule has 2 aliphatic carbocycles. The van der Waals surface area contributed by atoms with Gasteiger partial charge in [0.15, 0.2) is 5.41 Å². The Morgan fingerprint density at radius 2 is 1.45 bits per heavy atom. The van der Waals surface area contributed by atoms with E-state index in [1.807, 2.05) is 48.5 Å². The van der Waals surface area contributed by atoms with Gasteiger partial charge in [0, 0.05) is 5.92 Å². The van der Waals surface area contributed by atoms with Gasteiger partial charge in [-0.3, -0.25) is 0 Å². The molecule has 4 rings (SSSR count). The van der Waals surface area contributed by atoms with Crippen LogP contribution in [0, 0.1) is 45.3 Å². The van der Waals surface area contributed by atoms with Gasteiger partial charge in [0.1, 0.15) is 6.07 Å². The zero-order valence-electron chi connectivity index (χ0n) is 15.9.